The van der Waals surface area contributed by atoms with Crippen molar-refractivity contribution >= 4 is 23.5 Å². The van der Waals surface area contributed by atoms with Gasteiger partial charge in [0.1, 0.15) is 0 Å². The van der Waals surface area contributed by atoms with Gasteiger partial charge in [0.25, 0.3) is 0 Å². The molecule has 3 rings (SSSR count). The summed E-state index contributed by atoms with van der Waals surface area (Å²) >= 11 is 5.85. The van der Waals surface area contributed by atoms with Crippen LogP contribution in [0, 0.1) is 13.8 Å². The van der Waals surface area contributed by atoms with Crippen molar-refractivity contribution < 1.29 is 9.21 Å². The topological polar surface area (TPSA) is 68.0 Å². The lowest BCUT2D eigenvalue weighted by molar-refractivity contribution is -0.115. The van der Waals surface area contributed by atoms with E-state index in [1.54, 1.807) is 24.3 Å². The highest BCUT2D eigenvalue weighted by molar-refractivity contribution is 6.30. The fourth-order valence-electron chi connectivity index (χ4n) is 2.25. The Morgan fingerprint density at radius 3 is 2.54 bits per heavy atom. The van der Waals surface area contributed by atoms with Crippen molar-refractivity contribution in [3.05, 3.63) is 64.2 Å². The van der Waals surface area contributed by atoms with Gasteiger partial charge in [0, 0.05) is 10.6 Å². The molecule has 0 unspecified atom stereocenters. The molecule has 2 aromatic carbocycles. The molecule has 0 aliphatic rings. The fourth-order valence-corrected chi connectivity index (χ4v) is 2.37. The smallest absolute Gasteiger partial charge is 0.322 e. The summed E-state index contributed by atoms with van der Waals surface area (Å²) < 4.78 is 5.46. The average molecular weight is 342 g/mol. The molecule has 0 aliphatic heterocycles. The number of aryl methyl sites for hydroxylation is 2. The molecular weight excluding hydrogens is 326 g/mol. The van der Waals surface area contributed by atoms with E-state index in [1.807, 2.05) is 32.0 Å². The first-order chi connectivity index (χ1) is 11.5. The maximum Gasteiger partial charge on any atom is 0.322 e. The van der Waals surface area contributed by atoms with Gasteiger partial charge in [0.05, 0.1) is 6.42 Å². The van der Waals surface area contributed by atoms with Crippen LogP contribution in [0.2, 0.25) is 5.02 Å². The number of amides is 1. The molecule has 0 aliphatic carbocycles. The summed E-state index contributed by atoms with van der Waals surface area (Å²) in [4.78, 5) is 12.1. The van der Waals surface area contributed by atoms with E-state index < -0.39 is 0 Å². The Morgan fingerprint density at radius 1 is 1.08 bits per heavy atom. The zero-order valence-electron chi connectivity index (χ0n) is 13.3. The zero-order valence-corrected chi connectivity index (χ0v) is 14.1. The van der Waals surface area contributed by atoms with Crippen molar-refractivity contribution in [3.8, 4) is 11.5 Å². The lowest BCUT2D eigenvalue weighted by Crippen LogP contribution is -2.14. The van der Waals surface area contributed by atoms with Crippen LogP contribution >= 0.6 is 11.6 Å². The largest absolute Gasteiger partial charge is 0.403 e. The van der Waals surface area contributed by atoms with Crippen molar-refractivity contribution in [2.45, 2.75) is 20.3 Å². The van der Waals surface area contributed by atoms with Gasteiger partial charge in [-0.25, -0.2) is 0 Å². The van der Waals surface area contributed by atoms with Crippen molar-refractivity contribution in [3.63, 3.8) is 0 Å². The van der Waals surface area contributed by atoms with Crippen LogP contribution in [0.25, 0.3) is 11.5 Å². The van der Waals surface area contributed by atoms with Gasteiger partial charge in [-0.1, -0.05) is 34.9 Å². The van der Waals surface area contributed by atoms with Gasteiger partial charge in [-0.2, -0.15) is 0 Å². The summed E-state index contributed by atoms with van der Waals surface area (Å²) in [6.45, 7) is 4.06. The molecule has 0 atom stereocenters. The molecule has 122 valence electrons. The average Bonchev–Trinajstić information content (AvgIpc) is 3.00. The van der Waals surface area contributed by atoms with Crippen LogP contribution in [-0.4, -0.2) is 16.1 Å². The van der Waals surface area contributed by atoms with Crippen LogP contribution in [0.15, 0.2) is 46.9 Å². The van der Waals surface area contributed by atoms with Crippen LogP contribution in [0.4, 0.5) is 6.01 Å². The first-order valence-electron chi connectivity index (χ1n) is 7.47. The summed E-state index contributed by atoms with van der Waals surface area (Å²) in [5.41, 5.74) is 4.03. The normalized spacial score (nSPS) is 10.6. The molecule has 1 N–H and O–H groups in total. The minimum Gasteiger partial charge on any atom is -0.403 e. The summed E-state index contributed by atoms with van der Waals surface area (Å²) in [7, 11) is 0. The van der Waals surface area contributed by atoms with E-state index in [1.165, 1.54) is 5.56 Å². The highest BCUT2D eigenvalue weighted by atomic mass is 35.5. The Kier molecular flexibility index (Phi) is 4.62. The predicted molar refractivity (Wildman–Crippen MR) is 93.0 cm³/mol. The van der Waals surface area contributed by atoms with Crippen LogP contribution < -0.4 is 5.32 Å². The number of carbonyl (C=O) groups is 1. The second-order valence-electron chi connectivity index (χ2n) is 5.56. The van der Waals surface area contributed by atoms with Crippen LogP contribution in [0.1, 0.15) is 16.7 Å². The monoisotopic (exact) mass is 341 g/mol. The zero-order chi connectivity index (χ0) is 17.1. The van der Waals surface area contributed by atoms with Crippen molar-refractivity contribution in [2.75, 3.05) is 5.32 Å². The minimum atomic E-state index is -0.204. The Hall–Kier alpha value is -2.66. The van der Waals surface area contributed by atoms with E-state index in [-0.39, 0.29) is 18.3 Å². The molecule has 6 heteroatoms. The van der Waals surface area contributed by atoms with E-state index in [4.69, 9.17) is 16.0 Å². The number of benzene rings is 2. The molecule has 1 aromatic heterocycles. The molecule has 0 saturated carbocycles. The van der Waals surface area contributed by atoms with Gasteiger partial charge in [-0.15, -0.1) is 5.10 Å². The van der Waals surface area contributed by atoms with Crippen LogP contribution in [0.3, 0.4) is 0 Å². The number of halogens is 1. The molecule has 1 heterocycles. The van der Waals surface area contributed by atoms with Crippen LogP contribution in [0.5, 0.6) is 0 Å². The summed E-state index contributed by atoms with van der Waals surface area (Å²) in [5.74, 6) is 0.123. The lowest BCUT2D eigenvalue weighted by atomic mass is 10.0. The first kappa shape index (κ1) is 16.2. The third kappa shape index (κ3) is 3.81. The summed E-state index contributed by atoms with van der Waals surface area (Å²) in [6.07, 6.45) is 0.250. The Bertz CT molecular complexity index is 872. The molecule has 0 saturated heterocycles. The molecule has 3 aromatic rings. The number of aromatic nitrogens is 2. The third-order valence-corrected chi connectivity index (χ3v) is 3.95. The quantitative estimate of drug-likeness (QED) is 0.772. The third-order valence-electron chi connectivity index (χ3n) is 3.70. The van der Waals surface area contributed by atoms with Gasteiger partial charge >= 0.3 is 6.01 Å². The van der Waals surface area contributed by atoms with Gasteiger partial charge in [0.2, 0.25) is 11.8 Å². The van der Waals surface area contributed by atoms with E-state index >= 15 is 0 Å². The Balaban J connectivity index is 1.66. The second kappa shape index (κ2) is 6.84. The van der Waals surface area contributed by atoms with Gasteiger partial charge in [-0.3, -0.25) is 10.1 Å². The Morgan fingerprint density at radius 2 is 1.83 bits per heavy atom. The molecule has 5 nitrogen and oxygen atoms in total. The maximum atomic E-state index is 12.1. The highest BCUT2D eigenvalue weighted by Gasteiger charge is 2.12. The maximum absolute atomic E-state index is 12.1. The minimum absolute atomic E-state index is 0.0776. The lowest BCUT2D eigenvalue weighted by Gasteiger charge is -2.04. The molecular formula is C18H16ClN3O2. The van der Waals surface area contributed by atoms with Gasteiger partial charge in [-0.05, 0) is 54.8 Å². The van der Waals surface area contributed by atoms with E-state index in [0.717, 1.165) is 16.7 Å². The standard InChI is InChI=1S/C18H16ClN3O2/c1-11-3-4-13(9-12(11)2)10-16(23)20-18-22-21-17(24-18)14-5-7-15(19)8-6-14/h3-9H,10H2,1-2H3,(H,20,22,23). The number of anilines is 1. The fraction of sp³-hybridized carbons (Fsp3) is 0.167. The van der Waals surface area contributed by atoms with Crippen molar-refractivity contribution in [1.82, 2.24) is 10.2 Å². The predicted octanol–water partition coefficient (Wildman–Crippen LogP) is 4.19. The number of nitrogens with one attached hydrogen (secondary N) is 1. The molecule has 0 radical (unpaired) electrons. The molecule has 0 spiro atoms. The van der Waals surface area contributed by atoms with Gasteiger partial charge in [0.15, 0.2) is 0 Å². The molecule has 0 fully saturated rings. The van der Waals surface area contributed by atoms with Crippen molar-refractivity contribution in [2.24, 2.45) is 0 Å². The number of nitrogens with zero attached hydrogens (tertiary/aromatic N) is 2. The summed E-state index contributed by atoms with van der Waals surface area (Å²) in [5, 5.41) is 11.0. The molecule has 1 amide bonds. The SMILES string of the molecule is Cc1ccc(CC(=O)Nc2nnc(-c3ccc(Cl)cc3)o2)cc1C. The second-order valence-corrected chi connectivity index (χ2v) is 6.00. The Labute approximate surface area is 144 Å². The first-order valence-corrected chi connectivity index (χ1v) is 7.84. The number of rotatable bonds is 4. The number of hydrogen-bond donors (Lipinski definition) is 1. The molecule has 0 bridgehead atoms. The van der Waals surface area contributed by atoms with E-state index in [9.17, 15) is 4.79 Å². The van der Waals surface area contributed by atoms with Crippen LogP contribution in [-0.2, 0) is 11.2 Å². The number of hydrogen-bond acceptors (Lipinski definition) is 4. The van der Waals surface area contributed by atoms with E-state index in [0.29, 0.717) is 10.9 Å². The van der Waals surface area contributed by atoms with Gasteiger partial charge < -0.3 is 4.42 Å². The number of carbonyl (C=O) groups excluding carboxylic acids is 1. The van der Waals surface area contributed by atoms with E-state index in [2.05, 4.69) is 15.5 Å². The highest BCUT2D eigenvalue weighted by Crippen LogP contribution is 2.21. The molecule has 24 heavy (non-hydrogen) atoms. The van der Waals surface area contributed by atoms with Crippen molar-refractivity contribution in [1.29, 1.82) is 0 Å². The summed E-state index contributed by atoms with van der Waals surface area (Å²) in [6, 6.07) is 13.0.